The number of nitrogens with two attached hydrogens (primary N) is 1. The second-order valence-corrected chi connectivity index (χ2v) is 6.93. The molecule has 1 aromatic carbocycles. The van der Waals surface area contributed by atoms with Crippen LogP contribution in [-0.4, -0.2) is 24.8 Å². The largest absolute Gasteiger partial charge is 0.395 e. The molecular formula is C13H19FN2O2S. The van der Waals surface area contributed by atoms with Crippen molar-refractivity contribution in [2.45, 2.75) is 50.1 Å². The van der Waals surface area contributed by atoms with Gasteiger partial charge in [-0.3, -0.25) is 0 Å². The lowest BCUT2D eigenvalue weighted by Crippen LogP contribution is -2.47. The molecule has 1 aliphatic heterocycles. The smallest absolute Gasteiger partial charge is 0.245 e. The van der Waals surface area contributed by atoms with Crippen molar-refractivity contribution >= 4 is 15.7 Å². The van der Waals surface area contributed by atoms with E-state index < -0.39 is 15.8 Å². The molecule has 2 N–H and O–H groups in total. The van der Waals surface area contributed by atoms with Crippen LogP contribution < -0.4 is 5.73 Å². The Labute approximate surface area is 113 Å². The van der Waals surface area contributed by atoms with E-state index in [-0.39, 0.29) is 22.7 Å². The number of piperidine rings is 1. The molecule has 4 nitrogen and oxygen atoms in total. The van der Waals surface area contributed by atoms with Crippen LogP contribution in [0.5, 0.6) is 0 Å². The second-order valence-electron chi connectivity index (χ2n) is 5.12. The third-order valence-corrected chi connectivity index (χ3v) is 5.87. The van der Waals surface area contributed by atoms with Gasteiger partial charge in [0, 0.05) is 12.1 Å². The minimum atomic E-state index is -3.75. The number of hydrogen-bond donors (Lipinski definition) is 1. The number of para-hydroxylation sites is 1. The Bertz CT molecular complexity index is 564. The molecule has 106 valence electrons. The highest BCUT2D eigenvalue weighted by molar-refractivity contribution is 7.89. The molecule has 0 radical (unpaired) electrons. The van der Waals surface area contributed by atoms with E-state index in [0.29, 0.717) is 0 Å². The number of benzene rings is 1. The highest BCUT2D eigenvalue weighted by Gasteiger charge is 2.36. The molecule has 1 aromatic rings. The van der Waals surface area contributed by atoms with Crippen LogP contribution >= 0.6 is 0 Å². The summed E-state index contributed by atoms with van der Waals surface area (Å²) in [6.45, 7) is 3.76. The molecule has 0 aromatic heterocycles. The van der Waals surface area contributed by atoms with Gasteiger partial charge in [0.25, 0.3) is 0 Å². The second kappa shape index (κ2) is 5.09. The van der Waals surface area contributed by atoms with E-state index in [2.05, 4.69) is 0 Å². The lowest BCUT2D eigenvalue weighted by atomic mass is 10.0. The number of hydrogen-bond acceptors (Lipinski definition) is 3. The van der Waals surface area contributed by atoms with E-state index in [1.165, 1.54) is 16.4 Å². The molecule has 0 amide bonds. The van der Waals surface area contributed by atoms with Gasteiger partial charge in [0.2, 0.25) is 10.0 Å². The molecule has 6 heteroatoms. The molecule has 2 unspecified atom stereocenters. The molecule has 1 fully saturated rings. The van der Waals surface area contributed by atoms with E-state index in [0.717, 1.165) is 25.3 Å². The number of anilines is 1. The van der Waals surface area contributed by atoms with Gasteiger partial charge < -0.3 is 5.73 Å². The van der Waals surface area contributed by atoms with Crippen molar-refractivity contribution in [1.29, 1.82) is 0 Å². The first-order valence-electron chi connectivity index (χ1n) is 6.43. The van der Waals surface area contributed by atoms with Crippen LogP contribution in [-0.2, 0) is 10.0 Å². The van der Waals surface area contributed by atoms with Crippen molar-refractivity contribution in [2.24, 2.45) is 0 Å². The van der Waals surface area contributed by atoms with Gasteiger partial charge >= 0.3 is 0 Å². The summed E-state index contributed by atoms with van der Waals surface area (Å²) < 4.78 is 40.2. The van der Waals surface area contributed by atoms with Crippen LogP contribution in [0.25, 0.3) is 0 Å². The van der Waals surface area contributed by atoms with E-state index in [9.17, 15) is 12.8 Å². The van der Waals surface area contributed by atoms with Crippen LogP contribution in [0.15, 0.2) is 23.1 Å². The van der Waals surface area contributed by atoms with Gasteiger partial charge in [-0.05, 0) is 38.8 Å². The maximum absolute atomic E-state index is 13.5. The number of nitrogens with zero attached hydrogens (tertiary/aromatic N) is 1. The van der Waals surface area contributed by atoms with Crippen molar-refractivity contribution in [3.63, 3.8) is 0 Å². The summed E-state index contributed by atoms with van der Waals surface area (Å²) in [4.78, 5) is -0.131. The van der Waals surface area contributed by atoms with E-state index >= 15 is 0 Å². The topological polar surface area (TPSA) is 63.4 Å². The first-order chi connectivity index (χ1) is 8.85. The van der Waals surface area contributed by atoms with Crippen LogP contribution in [0.3, 0.4) is 0 Å². The minimum Gasteiger partial charge on any atom is -0.395 e. The maximum atomic E-state index is 13.5. The van der Waals surface area contributed by atoms with Crippen LogP contribution in [0.1, 0.15) is 33.1 Å². The molecule has 0 bridgehead atoms. The monoisotopic (exact) mass is 286 g/mol. The van der Waals surface area contributed by atoms with Crippen LogP contribution in [0.2, 0.25) is 0 Å². The summed E-state index contributed by atoms with van der Waals surface area (Å²) in [6.07, 6.45) is 2.64. The average Bonchev–Trinajstić information content (AvgIpc) is 2.32. The fourth-order valence-corrected chi connectivity index (χ4v) is 4.74. The fourth-order valence-electron chi connectivity index (χ4n) is 2.73. The maximum Gasteiger partial charge on any atom is 0.245 e. The summed E-state index contributed by atoms with van der Waals surface area (Å²) in [5.41, 5.74) is 5.29. The number of nitrogen functional groups attached to an aromatic ring is 1. The van der Waals surface area contributed by atoms with Gasteiger partial charge in [-0.1, -0.05) is 12.5 Å². The fraction of sp³-hybridized carbons (Fsp3) is 0.538. The third kappa shape index (κ3) is 2.47. The predicted octanol–water partition coefficient (Wildman–Crippen LogP) is 2.36. The first kappa shape index (κ1) is 14.3. The molecule has 0 spiro atoms. The third-order valence-electron chi connectivity index (χ3n) is 3.68. The van der Waals surface area contributed by atoms with Gasteiger partial charge in [-0.2, -0.15) is 4.31 Å². The number of rotatable bonds is 2. The first-order valence-corrected chi connectivity index (χ1v) is 7.87. The van der Waals surface area contributed by atoms with Gasteiger partial charge in [0.1, 0.15) is 10.7 Å². The molecule has 2 atom stereocenters. The van der Waals surface area contributed by atoms with E-state index in [1.807, 2.05) is 13.8 Å². The van der Waals surface area contributed by atoms with E-state index in [4.69, 9.17) is 5.73 Å². The molecule has 2 rings (SSSR count). The Kier molecular flexibility index (Phi) is 3.82. The normalized spacial score (nSPS) is 25.4. The zero-order valence-electron chi connectivity index (χ0n) is 11.1. The van der Waals surface area contributed by atoms with Gasteiger partial charge in [0.05, 0.1) is 5.69 Å². The summed E-state index contributed by atoms with van der Waals surface area (Å²) in [6, 6.07) is 3.73. The Morgan fingerprint density at radius 3 is 2.42 bits per heavy atom. The molecule has 0 aliphatic carbocycles. The molecule has 1 aliphatic rings. The van der Waals surface area contributed by atoms with Gasteiger partial charge in [0.15, 0.2) is 0 Å². The van der Waals surface area contributed by atoms with Crippen molar-refractivity contribution in [2.75, 3.05) is 5.73 Å². The highest BCUT2D eigenvalue weighted by atomic mass is 32.2. The quantitative estimate of drug-likeness (QED) is 0.849. The van der Waals surface area contributed by atoms with Crippen molar-refractivity contribution in [3.05, 3.63) is 24.0 Å². The lowest BCUT2D eigenvalue weighted by molar-refractivity contribution is 0.204. The molecule has 0 saturated carbocycles. The van der Waals surface area contributed by atoms with Crippen molar-refractivity contribution < 1.29 is 12.8 Å². The Balaban J connectivity index is 2.50. The summed E-state index contributed by atoms with van der Waals surface area (Å²) >= 11 is 0. The average molecular weight is 286 g/mol. The number of sulfonamides is 1. The standard InChI is InChI=1S/C13H19FN2O2S/c1-9-5-3-6-10(2)16(9)19(17,18)12-8-4-7-11(14)13(12)15/h4,7-10H,3,5-6,15H2,1-2H3. The minimum absolute atomic E-state index is 0.0867. The Morgan fingerprint density at radius 1 is 1.26 bits per heavy atom. The van der Waals surface area contributed by atoms with Crippen molar-refractivity contribution in [3.8, 4) is 0 Å². The van der Waals surface area contributed by atoms with Crippen LogP contribution in [0.4, 0.5) is 10.1 Å². The zero-order chi connectivity index (χ0) is 14.2. The zero-order valence-corrected chi connectivity index (χ0v) is 12.0. The predicted molar refractivity (Wildman–Crippen MR) is 72.6 cm³/mol. The van der Waals surface area contributed by atoms with Crippen LogP contribution in [0, 0.1) is 5.82 Å². The van der Waals surface area contributed by atoms with Crippen molar-refractivity contribution in [1.82, 2.24) is 4.31 Å². The summed E-state index contributed by atoms with van der Waals surface area (Å²) in [5, 5.41) is 0. The number of halogens is 1. The van der Waals surface area contributed by atoms with E-state index in [1.54, 1.807) is 0 Å². The molecule has 1 saturated heterocycles. The Hall–Kier alpha value is -1.14. The molecular weight excluding hydrogens is 267 g/mol. The lowest BCUT2D eigenvalue weighted by Gasteiger charge is -2.37. The van der Waals surface area contributed by atoms with Gasteiger partial charge in [-0.25, -0.2) is 12.8 Å². The Morgan fingerprint density at radius 2 is 1.84 bits per heavy atom. The SMILES string of the molecule is CC1CCCC(C)N1S(=O)(=O)c1cccc(F)c1N. The van der Waals surface area contributed by atoms with Gasteiger partial charge in [-0.15, -0.1) is 0 Å². The highest BCUT2D eigenvalue weighted by Crippen LogP contribution is 2.32. The summed E-state index contributed by atoms with van der Waals surface area (Å²) in [5.74, 6) is -0.696. The summed E-state index contributed by atoms with van der Waals surface area (Å²) in [7, 11) is -3.75. The molecule has 19 heavy (non-hydrogen) atoms. The molecule has 1 heterocycles.